The Bertz CT molecular complexity index is 1870. The van der Waals surface area contributed by atoms with Gasteiger partial charge in [-0.3, -0.25) is 13.9 Å². The molecule has 5 rings (SSSR count). The van der Waals surface area contributed by atoms with Gasteiger partial charge in [0.05, 0.1) is 20.6 Å². The van der Waals surface area contributed by atoms with Crippen molar-refractivity contribution >= 4 is 73.9 Å². The van der Waals surface area contributed by atoms with E-state index in [0.29, 0.717) is 10.6 Å². The number of anilines is 1. The van der Waals surface area contributed by atoms with E-state index in [4.69, 9.17) is 46.4 Å². The maximum Gasteiger partial charge on any atom is 0.264 e. The summed E-state index contributed by atoms with van der Waals surface area (Å²) in [4.78, 5) is 30.4. The minimum atomic E-state index is -4.32. The third-order valence-corrected chi connectivity index (χ3v) is 11.5. The first-order valence-corrected chi connectivity index (χ1v) is 19.0. The van der Waals surface area contributed by atoms with E-state index >= 15 is 0 Å². The molecule has 1 saturated carbocycles. The summed E-state index contributed by atoms with van der Waals surface area (Å²) in [6, 6.07) is 24.1. The minimum Gasteiger partial charge on any atom is -0.352 e. The molecule has 49 heavy (non-hydrogen) atoms. The van der Waals surface area contributed by atoms with Crippen LogP contribution in [0.3, 0.4) is 0 Å². The van der Waals surface area contributed by atoms with E-state index in [2.05, 4.69) is 5.32 Å². The van der Waals surface area contributed by atoms with Crippen molar-refractivity contribution in [1.82, 2.24) is 10.2 Å². The molecule has 0 heterocycles. The van der Waals surface area contributed by atoms with Crippen LogP contribution in [0, 0.1) is 6.92 Å². The van der Waals surface area contributed by atoms with Crippen LogP contribution < -0.4 is 9.62 Å². The zero-order chi connectivity index (χ0) is 35.1. The molecule has 0 aromatic heterocycles. The summed E-state index contributed by atoms with van der Waals surface area (Å²) in [7, 11) is -4.32. The van der Waals surface area contributed by atoms with E-state index in [1.54, 1.807) is 30.3 Å². The Morgan fingerprint density at radius 1 is 0.796 bits per heavy atom. The molecule has 258 valence electrons. The highest BCUT2D eigenvalue weighted by atomic mass is 35.5. The molecule has 1 N–H and O–H groups in total. The first-order valence-electron chi connectivity index (χ1n) is 16.0. The van der Waals surface area contributed by atoms with Gasteiger partial charge in [-0.15, -0.1) is 0 Å². The standard InChI is InChI=1S/C37H37Cl4N3O4S/c1-25-12-15-32(16-13-25)49(47,48)44(31-21-28(38)20-29(39)22-31)24-36(45)43(23-27-14-17-33(40)34(41)18-27)35(19-26-8-4-2-5-9-26)37(46)42-30-10-6-3-7-11-30/h2,4-5,8-9,12-18,20-22,30,35H,3,6-7,10-11,19,23-24H2,1H3,(H,42,46). The number of hydrogen-bond acceptors (Lipinski definition) is 4. The molecule has 0 saturated heterocycles. The van der Waals surface area contributed by atoms with Crippen molar-refractivity contribution < 1.29 is 18.0 Å². The van der Waals surface area contributed by atoms with Crippen LogP contribution in [0.2, 0.25) is 20.1 Å². The Morgan fingerprint density at radius 2 is 1.45 bits per heavy atom. The second-order valence-corrected chi connectivity index (χ2v) is 15.8. The number of carbonyl (C=O) groups is 2. The van der Waals surface area contributed by atoms with Gasteiger partial charge in [0.2, 0.25) is 11.8 Å². The third kappa shape index (κ3) is 9.71. The molecule has 1 aliphatic rings. The maximum atomic E-state index is 14.7. The molecule has 0 radical (unpaired) electrons. The molecule has 0 spiro atoms. The summed E-state index contributed by atoms with van der Waals surface area (Å²) < 4.78 is 29.5. The Morgan fingerprint density at radius 3 is 2.08 bits per heavy atom. The number of halogens is 4. The number of nitrogens with one attached hydrogen (secondary N) is 1. The topological polar surface area (TPSA) is 86.8 Å². The maximum absolute atomic E-state index is 14.7. The van der Waals surface area contributed by atoms with Crippen LogP contribution >= 0.6 is 46.4 Å². The van der Waals surface area contributed by atoms with Crippen molar-refractivity contribution in [1.29, 1.82) is 0 Å². The number of benzene rings is 4. The van der Waals surface area contributed by atoms with Crippen LogP contribution in [0.25, 0.3) is 0 Å². The molecule has 0 aliphatic heterocycles. The molecule has 1 fully saturated rings. The van der Waals surface area contributed by atoms with Crippen LogP contribution in [0.1, 0.15) is 48.8 Å². The van der Waals surface area contributed by atoms with E-state index < -0.39 is 28.5 Å². The number of hydrogen-bond donors (Lipinski definition) is 1. The second-order valence-electron chi connectivity index (χ2n) is 12.3. The van der Waals surface area contributed by atoms with E-state index in [1.165, 1.54) is 35.2 Å². The molecule has 1 unspecified atom stereocenters. The lowest BCUT2D eigenvalue weighted by atomic mass is 9.94. The van der Waals surface area contributed by atoms with Crippen LogP contribution in [0.15, 0.2) is 95.9 Å². The summed E-state index contributed by atoms with van der Waals surface area (Å²) in [6.07, 6.45) is 5.02. The third-order valence-electron chi connectivity index (χ3n) is 8.58. The first-order chi connectivity index (χ1) is 23.4. The second kappa shape index (κ2) is 16.6. The molecule has 1 atom stereocenters. The number of carbonyl (C=O) groups excluding carboxylic acids is 2. The Balaban J connectivity index is 1.59. The zero-order valence-electron chi connectivity index (χ0n) is 26.9. The van der Waals surface area contributed by atoms with Crippen molar-refractivity contribution in [2.45, 2.75) is 69.0 Å². The van der Waals surface area contributed by atoms with E-state index in [9.17, 15) is 18.0 Å². The van der Waals surface area contributed by atoms with Gasteiger partial charge in [0.15, 0.2) is 0 Å². The van der Waals surface area contributed by atoms with Gasteiger partial charge in [0.25, 0.3) is 10.0 Å². The van der Waals surface area contributed by atoms with Gasteiger partial charge in [0, 0.05) is 29.1 Å². The summed E-state index contributed by atoms with van der Waals surface area (Å²) in [6.45, 7) is 1.16. The average molecular weight is 762 g/mol. The molecule has 4 aromatic rings. The SMILES string of the molecule is Cc1ccc(S(=O)(=O)N(CC(=O)N(Cc2ccc(Cl)c(Cl)c2)C(Cc2ccccc2)C(=O)NC2CCCCC2)c2cc(Cl)cc(Cl)c2)cc1. The lowest BCUT2D eigenvalue weighted by Crippen LogP contribution is -2.55. The molecular formula is C37H37Cl4N3O4S. The number of rotatable bonds is 12. The van der Waals surface area contributed by atoms with Crippen LogP contribution in [-0.4, -0.2) is 43.8 Å². The highest BCUT2D eigenvalue weighted by Crippen LogP contribution is 2.31. The predicted octanol–water partition coefficient (Wildman–Crippen LogP) is 8.89. The molecular weight excluding hydrogens is 724 g/mol. The average Bonchev–Trinajstić information content (AvgIpc) is 3.07. The lowest BCUT2D eigenvalue weighted by Gasteiger charge is -2.35. The number of aryl methyl sites for hydroxylation is 1. The van der Waals surface area contributed by atoms with Crippen molar-refractivity contribution in [2.75, 3.05) is 10.8 Å². The highest BCUT2D eigenvalue weighted by Gasteiger charge is 2.35. The van der Waals surface area contributed by atoms with E-state index in [0.717, 1.165) is 47.5 Å². The first kappa shape index (κ1) is 37.0. The van der Waals surface area contributed by atoms with Gasteiger partial charge in [-0.2, -0.15) is 0 Å². The number of amides is 2. The van der Waals surface area contributed by atoms with E-state index in [-0.39, 0.29) is 50.6 Å². The Kier molecular flexibility index (Phi) is 12.6. The number of nitrogens with zero attached hydrogens (tertiary/aromatic N) is 2. The Hall–Kier alpha value is -3.27. The normalized spacial score (nSPS) is 14.2. The van der Waals surface area contributed by atoms with Crippen LogP contribution in [0.5, 0.6) is 0 Å². The largest absolute Gasteiger partial charge is 0.352 e. The lowest BCUT2D eigenvalue weighted by molar-refractivity contribution is -0.140. The molecule has 12 heteroatoms. The summed E-state index contributed by atoms with van der Waals surface area (Å²) in [5, 5.41) is 4.21. The van der Waals surface area contributed by atoms with Gasteiger partial charge in [-0.1, -0.05) is 120 Å². The van der Waals surface area contributed by atoms with Crippen molar-refractivity contribution in [3.63, 3.8) is 0 Å². The molecule has 0 bridgehead atoms. The summed E-state index contributed by atoms with van der Waals surface area (Å²) in [5.74, 6) is -0.930. The summed E-state index contributed by atoms with van der Waals surface area (Å²) >= 11 is 25.3. The van der Waals surface area contributed by atoms with E-state index in [1.807, 2.05) is 37.3 Å². The Labute approximate surface area is 308 Å². The fraction of sp³-hybridized carbons (Fsp3) is 0.297. The van der Waals surface area contributed by atoms with Crippen molar-refractivity contribution in [3.05, 3.63) is 128 Å². The predicted molar refractivity (Wildman–Crippen MR) is 198 cm³/mol. The fourth-order valence-corrected chi connectivity index (χ4v) is 8.22. The zero-order valence-corrected chi connectivity index (χ0v) is 30.8. The fourth-order valence-electron chi connectivity index (χ4n) is 5.98. The quantitative estimate of drug-likeness (QED) is 0.156. The van der Waals surface area contributed by atoms with Gasteiger partial charge in [0.1, 0.15) is 12.6 Å². The summed E-state index contributed by atoms with van der Waals surface area (Å²) in [5.41, 5.74) is 2.43. The monoisotopic (exact) mass is 759 g/mol. The van der Waals surface area contributed by atoms with Crippen molar-refractivity contribution in [3.8, 4) is 0 Å². The molecule has 2 amide bonds. The number of sulfonamides is 1. The van der Waals surface area contributed by atoms with Crippen molar-refractivity contribution in [2.24, 2.45) is 0 Å². The van der Waals surface area contributed by atoms with Gasteiger partial charge >= 0.3 is 0 Å². The van der Waals surface area contributed by atoms with Gasteiger partial charge in [-0.05, 0) is 73.4 Å². The van der Waals surface area contributed by atoms with Gasteiger partial charge in [-0.25, -0.2) is 8.42 Å². The smallest absolute Gasteiger partial charge is 0.264 e. The van der Waals surface area contributed by atoms with Crippen LogP contribution in [0.4, 0.5) is 5.69 Å². The van der Waals surface area contributed by atoms with Gasteiger partial charge < -0.3 is 10.2 Å². The van der Waals surface area contributed by atoms with Crippen LogP contribution in [-0.2, 0) is 32.6 Å². The molecule has 7 nitrogen and oxygen atoms in total. The molecule has 4 aromatic carbocycles. The molecule has 1 aliphatic carbocycles. The minimum absolute atomic E-state index is 0.0195. The highest BCUT2D eigenvalue weighted by molar-refractivity contribution is 7.92.